The lowest BCUT2D eigenvalue weighted by molar-refractivity contribution is -0.127. The van der Waals surface area contributed by atoms with Crippen molar-refractivity contribution in [2.24, 2.45) is 0 Å². The van der Waals surface area contributed by atoms with E-state index in [2.05, 4.69) is 11.4 Å². The molecule has 1 heterocycles. The van der Waals surface area contributed by atoms with Gasteiger partial charge in [-0.25, -0.2) is 0 Å². The molecule has 4 heteroatoms. The molecule has 0 bridgehead atoms. The molecule has 4 nitrogen and oxygen atoms in total. The minimum Gasteiger partial charge on any atom is -0.374 e. The third-order valence-electron chi connectivity index (χ3n) is 3.01. The van der Waals surface area contributed by atoms with Crippen molar-refractivity contribution in [2.75, 3.05) is 18.9 Å². The van der Waals surface area contributed by atoms with Crippen LogP contribution in [0.15, 0.2) is 24.3 Å². The highest BCUT2D eigenvalue weighted by molar-refractivity contribution is 5.86. The zero-order valence-corrected chi connectivity index (χ0v) is 9.81. The molecule has 1 saturated heterocycles. The van der Waals surface area contributed by atoms with Crippen LogP contribution in [-0.2, 0) is 11.2 Å². The Labute approximate surface area is 101 Å². The number of nitrogens with one attached hydrogen (secondary N) is 1. The van der Waals surface area contributed by atoms with Gasteiger partial charge in [0.1, 0.15) is 6.04 Å². The maximum atomic E-state index is 11.7. The van der Waals surface area contributed by atoms with Gasteiger partial charge in [-0.2, -0.15) is 5.26 Å². The molecule has 1 aromatic carbocycles. The Bertz CT molecular complexity index is 447. The van der Waals surface area contributed by atoms with Crippen molar-refractivity contribution in [1.82, 2.24) is 4.90 Å². The summed E-state index contributed by atoms with van der Waals surface area (Å²) in [6, 6.07) is 9.65. The van der Waals surface area contributed by atoms with Crippen LogP contribution in [0.5, 0.6) is 0 Å². The number of carbonyl (C=O) groups excluding carboxylic acids is 1. The molecule has 0 spiro atoms. The molecule has 1 aliphatic heterocycles. The molecule has 0 aliphatic carbocycles. The van der Waals surface area contributed by atoms with E-state index in [1.807, 2.05) is 31.3 Å². The van der Waals surface area contributed by atoms with Gasteiger partial charge in [-0.3, -0.25) is 4.79 Å². The van der Waals surface area contributed by atoms with E-state index in [9.17, 15) is 4.79 Å². The number of hydrogen-bond donors (Lipinski definition) is 1. The summed E-state index contributed by atoms with van der Waals surface area (Å²) in [6.07, 6.45) is 1.26. The average Bonchev–Trinajstić information content (AvgIpc) is 2.64. The number of likely N-dealkylation sites (N-methyl/N-ethyl adjacent to an activating group) is 1. The van der Waals surface area contributed by atoms with Crippen LogP contribution < -0.4 is 5.32 Å². The van der Waals surface area contributed by atoms with Gasteiger partial charge in [0.15, 0.2) is 0 Å². The number of likely N-dealkylation sites (tertiary alicyclic amines) is 1. The van der Waals surface area contributed by atoms with Crippen LogP contribution in [0, 0.1) is 11.3 Å². The molecule has 0 saturated carbocycles. The number of benzene rings is 1. The van der Waals surface area contributed by atoms with Gasteiger partial charge in [-0.1, -0.05) is 12.1 Å². The van der Waals surface area contributed by atoms with Crippen molar-refractivity contribution in [1.29, 1.82) is 5.26 Å². The minimum atomic E-state index is -0.109. The Hall–Kier alpha value is -2.02. The molecule has 1 fully saturated rings. The Balaban J connectivity index is 2.00. The maximum Gasteiger partial charge on any atom is 0.244 e. The first-order chi connectivity index (χ1) is 8.20. The van der Waals surface area contributed by atoms with E-state index < -0.39 is 0 Å². The van der Waals surface area contributed by atoms with Crippen LogP contribution in [-0.4, -0.2) is 30.4 Å². The van der Waals surface area contributed by atoms with E-state index in [1.165, 1.54) is 0 Å². The number of hydrogen-bond acceptors (Lipinski definition) is 3. The van der Waals surface area contributed by atoms with E-state index >= 15 is 0 Å². The number of rotatable bonds is 3. The smallest absolute Gasteiger partial charge is 0.244 e. The molecule has 1 aliphatic rings. The summed E-state index contributed by atoms with van der Waals surface area (Å²) >= 11 is 0. The molecule has 0 radical (unpaired) electrons. The molecule has 2 rings (SSSR count). The van der Waals surface area contributed by atoms with Crippen LogP contribution in [0.4, 0.5) is 5.69 Å². The van der Waals surface area contributed by atoms with Gasteiger partial charge in [-0.05, 0) is 24.1 Å². The topological polar surface area (TPSA) is 56.1 Å². The monoisotopic (exact) mass is 229 g/mol. The van der Waals surface area contributed by atoms with E-state index in [1.54, 1.807) is 4.90 Å². The second-order valence-electron chi connectivity index (χ2n) is 4.28. The highest BCUT2D eigenvalue weighted by atomic mass is 16.2. The van der Waals surface area contributed by atoms with Crippen LogP contribution >= 0.6 is 0 Å². The molecule has 1 amide bonds. The quantitative estimate of drug-likeness (QED) is 0.852. The second kappa shape index (κ2) is 4.88. The van der Waals surface area contributed by atoms with Gasteiger partial charge >= 0.3 is 0 Å². The zero-order valence-electron chi connectivity index (χ0n) is 9.81. The number of nitrogens with zero attached hydrogens (tertiary/aromatic N) is 2. The van der Waals surface area contributed by atoms with E-state index in [0.717, 1.165) is 24.2 Å². The Kier molecular flexibility index (Phi) is 3.29. The molecule has 0 aromatic heterocycles. The van der Waals surface area contributed by atoms with Gasteiger partial charge in [-0.15, -0.1) is 0 Å². The Morgan fingerprint density at radius 2 is 2.18 bits per heavy atom. The van der Waals surface area contributed by atoms with E-state index in [0.29, 0.717) is 6.42 Å². The molecule has 1 unspecified atom stereocenters. The molecule has 1 aromatic rings. The predicted molar refractivity (Wildman–Crippen MR) is 65.4 cm³/mol. The van der Waals surface area contributed by atoms with Crippen molar-refractivity contribution < 1.29 is 4.79 Å². The lowest BCUT2D eigenvalue weighted by Crippen LogP contribution is -2.30. The SMILES string of the molecule is CN1CCC(Nc2ccc(CC#N)cc2)C1=O. The minimum absolute atomic E-state index is 0.109. The first-order valence-electron chi connectivity index (χ1n) is 5.68. The van der Waals surface area contributed by atoms with Crippen LogP contribution in [0.2, 0.25) is 0 Å². The summed E-state index contributed by atoms with van der Waals surface area (Å²) < 4.78 is 0. The van der Waals surface area contributed by atoms with Gasteiger partial charge < -0.3 is 10.2 Å². The molecule has 1 atom stereocenters. The number of amides is 1. The zero-order chi connectivity index (χ0) is 12.3. The average molecular weight is 229 g/mol. The standard InChI is InChI=1S/C13H15N3O/c1-16-9-7-12(13(16)17)15-11-4-2-10(3-5-11)6-8-14/h2-5,12,15H,6-7,9H2,1H3. The second-order valence-corrected chi connectivity index (χ2v) is 4.28. The molecular weight excluding hydrogens is 214 g/mol. The van der Waals surface area contributed by atoms with Gasteiger partial charge in [0.05, 0.1) is 12.5 Å². The highest BCUT2D eigenvalue weighted by Crippen LogP contribution is 2.16. The summed E-state index contributed by atoms with van der Waals surface area (Å²) in [4.78, 5) is 13.4. The largest absolute Gasteiger partial charge is 0.374 e. The summed E-state index contributed by atoms with van der Waals surface area (Å²) in [6.45, 7) is 0.809. The fourth-order valence-electron chi connectivity index (χ4n) is 1.97. The molecule has 1 N–H and O–H groups in total. The molecule has 17 heavy (non-hydrogen) atoms. The van der Waals surface area contributed by atoms with Crippen LogP contribution in [0.25, 0.3) is 0 Å². The number of carbonyl (C=O) groups is 1. The van der Waals surface area contributed by atoms with Crippen molar-refractivity contribution in [3.8, 4) is 6.07 Å². The lowest BCUT2D eigenvalue weighted by atomic mass is 10.1. The fourth-order valence-corrected chi connectivity index (χ4v) is 1.97. The maximum absolute atomic E-state index is 11.7. The van der Waals surface area contributed by atoms with Gasteiger partial charge in [0.25, 0.3) is 0 Å². The van der Waals surface area contributed by atoms with Crippen molar-refractivity contribution in [2.45, 2.75) is 18.9 Å². The summed E-state index contributed by atoms with van der Waals surface area (Å²) in [7, 11) is 1.82. The summed E-state index contributed by atoms with van der Waals surface area (Å²) in [5.74, 6) is 0.145. The van der Waals surface area contributed by atoms with Crippen LogP contribution in [0.1, 0.15) is 12.0 Å². The molecule has 88 valence electrons. The molecular formula is C13H15N3O. The first-order valence-corrected chi connectivity index (χ1v) is 5.68. The lowest BCUT2D eigenvalue weighted by Gasteiger charge is -2.13. The third-order valence-corrected chi connectivity index (χ3v) is 3.01. The third kappa shape index (κ3) is 2.56. The Morgan fingerprint density at radius 1 is 1.47 bits per heavy atom. The van der Waals surface area contributed by atoms with Gasteiger partial charge in [0.2, 0.25) is 5.91 Å². The Morgan fingerprint density at radius 3 is 2.71 bits per heavy atom. The van der Waals surface area contributed by atoms with E-state index in [4.69, 9.17) is 5.26 Å². The summed E-state index contributed by atoms with van der Waals surface area (Å²) in [5, 5.41) is 11.8. The predicted octanol–water partition coefficient (Wildman–Crippen LogP) is 1.40. The highest BCUT2D eigenvalue weighted by Gasteiger charge is 2.28. The van der Waals surface area contributed by atoms with Gasteiger partial charge in [0, 0.05) is 19.3 Å². The van der Waals surface area contributed by atoms with E-state index in [-0.39, 0.29) is 11.9 Å². The fraction of sp³-hybridized carbons (Fsp3) is 0.385. The number of anilines is 1. The normalized spacial score (nSPS) is 19.2. The van der Waals surface area contributed by atoms with Crippen molar-refractivity contribution >= 4 is 11.6 Å². The number of nitriles is 1. The van der Waals surface area contributed by atoms with Crippen molar-refractivity contribution in [3.05, 3.63) is 29.8 Å². The first kappa shape index (κ1) is 11.5. The van der Waals surface area contributed by atoms with Crippen molar-refractivity contribution in [3.63, 3.8) is 0 Å². The summed E-state index contributed by atoms with van der Waals surface area (Å²) in [5.41, 5.74) is 1.92. The van der Waals surface area contributed by atoms with Crippen LogP contribution in [0.3, 0.4) is 0 Å².